The fourth-order valence-corrected chi connectivity index (χ4v) is 2.21. The molecule has 0 radical (unpaired) electrons. The summed E-state index contributed by atoms with van der Waals surface area (Å²) in [5.74, 6) is -1.80. The monoisotopic (exact) mass is 324 g/mol. The third kappa shape index (κ3) is 4.12. The number of benzene rings is 2. The fraction of sp³-hybridized carbons (Fsp3) is 0.176. The van der Waals surface area contributed by atoms with Gasteiger partial charge in [-0.15, -0.1) is 0 Å². The van der Waals surface area contributed by atoms with Gasteiger partial charge in [-0.2, -0.15) is 0 Å². The van der Waals surface area contributed by atoms with E-state index >= 15 is 0 Å². The van der Waals surface area contributed by atoms with Crippen LogP contribution in [0.3, 0.4) is 0 Å². The molecule has 0 aliphatic heterocycles. The molecule has 0 aliphatic rings. The molecule has 0 saturated heterocycles. The molecular weight excluding hydrogens is 308 g/mol. The Kier molecular flexibility index (Phi) is 5.54. The Morgan fingerprint density at radius 1 is 1.08 bits per heavy atom. The van der Waals surface area contributed by atoms with Crippen LogP contribution in [0, 0.1) is 0 Å². The number of rotatable bonds is 6. The number of carbonyl (C=O) groups is 2. The van der Waals surface area contributed by atoms with E-state index in [0.717, 1.165) is 11.1 Å². The Morgan fingerprint density at radius 3 is 2.21 bits per heavy atom. The Bertz CT molecular complexity index is 768. The van der Waals surface area contributed by atoms with E-state index in [0.29, 0.717) is 5.56 Å². The third-order valence-electron chi connectivity index (χ3n) is 3.52. The molecule has 7 nitrogen and oxygen atoms in total. The summed E-state index contributed by atoms with van der Waals surface area (Å²) >= 11 is 0. The largest absolute Gasteiger partial charge is 0.480 e. The van der Waals surface area contributed by atoms with Gasteiger partial charge < -0.3 is 10.4 Å². The van der Waals surface area contributed by atoms with Gasteiger partial charge in [-0.3, -0.25) is 4.79 Å². The minimum absolute atomic E-state index is 0.328. The average molecular weight is 324 g/mol. The lowest BCUT2D eigenvalue weighted by Gasteiger charge is -2.17. The zero-order valence-corrected chi connectivity index (χ0v) is 13.0. The summed E-state index contributed by atoms with van der Waals surface area (Å²) in [7, 11) is 0. The lowest BCUT2D eigenvalue weighted by molar-refractivity contribution is -0.139. The highest BCUT2D eigenvalue weighted by Crippen LogP contribution is 2.19. The fourth-order valence-electron chi connectivity index (χ4n) is 2.21. The van der Waals surface area contributed by atoms with Crippen LogP contribution in [0.25, 0.3) is 21.6 Å². The van der Waals surface area contributed by atoms with E-state index in [-0.39, 0.29) is 0 Å². The van der Waals surface area contributed by atoms with E-state index in [9.17, 15) is 9.59 Å². The van der Waals surface area contributed by atoms with E-state index in [1.807, 2.05) is 30.3 Å². The molecule has 1 amide bonds. The molecule has 0 aromatic heterocycles. The van der Waals surface area contributed by atoms with Crippen molar-refractivity contribution in [1.29, 1.82) is 0 Å². The van der Waals surface area contributed by atoms with Crippen molar-refractivity contribution in [3.8, 4) is 11.1 Å². The molecule has 122 valence electrons. The molecule has 0 heterocycles. The van der Waals surface area contributed by atoms with Crippen molar-refractivity contribution < 1.29 is 14.7 Å². The highest BCUT2D eigenvalue weighted by atomic mass is 16.4. The first-order chi connectivity index (χ1) is 11.5. The maximum atomic E-state index is 12.2. The Morgan fingerprint density at radius 2 is 1.67 bits per heavy atom. The SMILES string of the molecule is CC(N=[N+]=[N-])C(NC(=O)c1ccc(-c2ccccc2)cc1)C(=O)O. The van der Waals surface area contributed by atoms with Crippen molar-refractivity contribution >= 4 is 11.9 Å². The third-order valence-corrected chi connectivity index (χ3v) is 3.52. The van der Waals surface area contributed by atoms with E-state index in [4.69, 9.17) is 10.6 Å². The van der Waals surface area contributed by atoms with Crippen LogP contribution in [-0.4, -0.2) is 29.1 Å². The first-order valence-corrected chi connectivity index (χ1v) is 7.26. The highest BCUT2D eigenvalue weighted by Gasteiger charge is 2.26. The van der Waals surface area contributed by atoms with Crippen LogP contribution in [-0.2, 0) is 4.79 Å². The van der Waals surface area contributed by atoms with Crippen LogP contribution in [0.5, 0.6) is 0 Å². The number of carboxylic acid groups (broad SMARTS) is 1. The number of amides is 1. The summed E-state index contributed by atoms with van der Waals surface area (Å²) in [5.41, 5.74) is 10.7. The highest BCUT2D eigenvalue weighted by molar-refractivity contribution is 5.97. The number of hydrogen-bond acceptors (Lipinski definition) is 3. The molecular formula is C17H16N4O3. The van der Waals surface area contributed by atoms with Crippen LogP contribution in [0.2, 0.25) is 0 Å². The first-order valence-electron chi connectivity index (χ1n) is 7.26. The second-order valence-electron chi connectivity index (χ2n) is 5.18. The molecule has 0 spiro atoms. The van der Waals surface area contributed by atoms with Gasteiger partial charge in [-0.1, -0.05) is 54.5 Å². The minimum atomic E-state index is -1.29. The lowest BCUT2D eigenvalue weighted by Crippen LogP contribution is -2.46. The maximum Gasteiger partial charge on any atom is 0.326 e. The molecule has 2 aromatic carbocycles. The Balaban J connectivity index is 2.14. The van der Waals surface area contributed by atoms with Gasteiger partial charge in [0, 0.05) is 10.5 Å². The van der Waals surface area contributed by atoms with Gasteiger partial charge in [0.2, 0.25) is 0 Å². The molecule has 0 saturated carbocycles. The first kappa shape index (κ1) is 17.1. The predicted molar refractivity (Wildman–Crippen MR) is 89.4 cm³/mol. The van der Waals surface area contributed by atoms with E-state index in [1.54, 1.807) is 24.3 Å². The van der Waals surface area contributed by atoms with Crippen LogP contribution >= 0.6 is 0 Å². The van der Waals surface area contributed by atoms with Gasteiger partial charge in [0.25, 0.3) is 5.91 Å². The maximum absolute atomic E-state index is 12.2. The van der Waals surface area contributed by atoms with Crippen molar-refractivity contribution in [3.63, 3.8) is 0 Å². The Labute approximate surface area is 138 Å². The molecule has 2 rings (SSSR count). The van der Waals surface area contributed by atoms with Gasteiger partial charge in [0.15, 0.2) is 0 Å². The smallest absolute Gasteiger partial charge is 0.326 e. The van der Waals surface area contributed by atoms with Crippen molar-refractivity contribution in [1.82, 2.24) is 5.32 Å². The van der Waals surface area contributed by atoms with Crippen molar-refractivity contribution in [2.45, 2.75) is 19.0 Å². The number of nitrogens with zero attached hydrogens (tertiary/aromatic N) is 3. The lowest BCUT2D eigenvalue weighted by atomic mass is 10.0. The van der Waals surface area contributed by atoms with Crippen molar-refractivity contribution in [2.24, 2.45) is 5.11 Å². The normalized spacial score (nSPS) is 12.5. The van der Waals surface area contributed by atoms with Crippen LogP contribution < -0.4 is 5.32 Å². The molecule has 7 heteroatoms. The minimum Gasteiger partial charge on any atom is -0.480 e. The van der Waals surface area contributed by atoms with Crippen LogP contribution in [0.4, 0.5) is 0 Å². The number of carboxylic acids is 1. The van der Waals surface area contributed by atoms with Gasteiger partial charge in [-0.25, -0.2) is 4.79 Å². The number of nitrogens with one attached hydrogen (secondary N) is 1. The molecule has 2 unspecified atom stereocenters. The molecule has 0 fully saturated rings. The second kappa shape index (κ2) is 7.80. The summed E-state index contributed by atoms with van der Waals surface area (Å²) in [5, 5.41) is 14.9. The second-order valence-corrected chi connectivity index (χ2v) is 5.18. The number of aliphatic carboxylic acids is 1. The molecule has 2 atom stereocenters. The zero-order valence-electron chi connectivity index (χ0n) is 13.0. The standard InChI is InChI=1S/C17H16N4O3/c1-11(20-21-18)15(17(23)24)19-16(22)14-9-7-13(8-10-14)12-5-3-2-4-6-12/h2-11,15H,1H3,(H,19,22)(H,23,24). The number of hydrogen-bond donors (Lipinski definition) is 2. The summed E-state index contributed by atoms with van der Waals surface area (Å²) in [4.78, 5) is 26.0. The summed E-state index contributed by atoms with van der Waals surface area (Å²) in [6, 6.07) is 14.3. The summed E-state index contributed by atoms with van der Waals surface area (Å²) in [6.45, 7) is 1.43. The van der Waals surface area contributed by atoms with E-state index in [1.165, 1.54) is 6.92 Å². The zero-order chi connectivity index (χ0) is 17.5. The predicted octanol–water partition coefficient (Wildman–Crippen LogP) is 3.24. The molecule has 0 aliphatic carbocycles. The Hall–Kier alpha value is -3.31. The van der Waals surface area contributed by atoms with Gasteiger partial charge >= 0.3 is 5.97 Å². The van der Waals surface area contributed by atoms with Gasteiger partial charge in [0.05, 0.1) is 6.04 Å². The van der Waals surface area contributed by atoms with Crippen LogP contribution in [0.1, 0.15) is 17.3 Å². The summed E-state index contributed by atoms with van der Waals surface area (Å²) in [6.07, 6.45) is 0. The topological polar surface area (TPSA) is 115 Å². The summed E-state index contributed by atoms with van der Waals surface area (Å²) < 4.78 is 0. The number of carbonyl (C=O) groups excluding carboxylic acids is 1. The van der Waals surface area contributed by atoms with E-state index in [2.05, 4.69) is 15.3 Å². The van der Waals surface area contributed by atoms with Crippen molar-refractivity contribution in [3.05, 3.63) is 70.6 Å². The quantitative estimate of drug-likeness (QED) is 0.482. The van der Waals surface area contributed by atoms with E-state index < -0.39 is 24.0 Å². The molecule has 0 bridgehead atoms. The van der Waals surface area contributed by atoms with Gasteiger partial charge in [0.1, 0.15) is 6.04 Å². The molecule has 2 aromatic rings. The van der Waals surface area contributed by atoms with Crippen LogP contribution in [0.15, 0.2) is 59.7 Å². The average Bonchev–Trinajstić information content (AvgIpc) is 2.60. The van der Waals surface area contributed by atoms with Crippen molar-refractivity contribution in [2.75, 3.05) is 0 Å². The molecule has 24 heavy (non-hydrogen) atoms. The number of azide groups is 1. The molecule has 2 N–H and O–H groups in total. The van der Waals surface area contributed by atoms with Gasteiger partial charge in [-0.05, 0) is 28.8 Å².